The number of hydrogen-bond donors (Lipinski definition) is 0. The summed E-state index contributed by atoms with van der Waals surface area (Å²) in [6.45, 7) is 3.75. The number of aromatic nitrogens is 2. The molecule has 0 bridgehead atoms. The third-order valence-electron chi connectivity index (χ3n) is 4.55. The minimum Gasteiger partial charge on any atom is -0.494 e. The smallest absolute Gasteiger partial charge is 0.231 e. The summed E-state index contributed by atoms with van der Waals surface area (Å²) in [6, 6.07) is 11.9. The second-order valence-electron chi connectivity index (χ2n) is 6.56. The highest BCUT2D eigenvalue weighted by molar-refractivity contribution is 7.09. The van der Waals surface area contributed by atoms with Gasteiger partial charge in [-0.05, 0) is 36.1 Å². The monoisotopic (exact) mass is 383 g/mol. The molecule has 1 aromatic carbocycles. The highest BCUT2D eigenvalue weighted by Gasteiger charge is 2.33. The zero-order valence-electron chi connectivity index (χ0n) is 15.1. The van der Waals surface area contributed by atoms with Crippen LogP contribution in [0.1, 0.15) is 41.4 Å². The molecule has 2 aromatic heterocycles. The summed E-state index contributed by atoms with van der Waals surface area (Å²) in [7, 11) is 0. The van der Waals surface area contributed by atoms with Gasteiger partial charge in [0.05, 0.1) is 13.0 Å². The fourth-order valence-corrected chi connectivity index (χ4v) is 3.98. The van der Waals surface area contributed by atoms with E-state index in [-0.39, 0.29) is 11.8 Å². The van der Waals surface area contributed by atoms with E-state index >= 15 is 0 Å². The first-order valence-electron chi connectivity index (χ1n) is 9.05. The molecular formula is C20H21N3O3S. The van der Waals surface area contributed by atoms with Gasteiger partial charge in [0.25, 0.3) is 0 Å². The number of benzene rings is 1. The number of ether oxygens (including phenoxy) is 1. The van der Waals surface area contributed by atoms with Gasteiger partial charge < -0.3 is 14.2 Å². The molecule has 3 aromatic rings. The quantitative estimate of drug-likeness (QED) is 0.623. The lowest BCUT2D eigenvalue weighted by Gasteiger charge is -2.16. The SMILES string of the molecule is CCOc1cccc(CN2CC(c3noc(Cc4cccs4)n3)CC2=O)c1. The third-order valence-corrected chi connectivity index (χ3v) is 5.43. The molecule has 6 nitrogen and oxygen atoms in total. The minimum absolute atomic E-state index is 0.0200. The van der Waals surface area contributed by atoms with E-state index in [0.29, 0.717) is 44.3 Å². The minimum atomic E-state index is -0.0200. The Hall–Kier alpha value is -2.67. The summed E-state index contributed by atoms with van der Waals surface area (Å²) in [5, 5.41) is 6.14. The van der Waals surface area contributed by atoms with Crippen molar-refractivity contribution in [2.75, 3.05) is 13.2 Å². The Kier molecular flexibility index (Phi) is 5.20. The molecule has 1 atom stereocenters. The predicted molar refractivity (Wildman–Crippen MR) is 102 cm³/mol. The van der Waals surface area contributed by atoms with Crippen LogP contribution in [-0.2, 0) is 17.8 Å². The number of likely N-dealkylation sites (tertiary alicyclic amines) is 1. The highest BCUT2D eigenvalue weighted by atomic mass is 32.1. The highest BCUT2D eigenvalue weighted by Crippen LogP contribution is 2.28. The van der Waals surface area contributed by atoms with Gasteiger partial charge in [0, 0.05) is 30.3 Å². The van der Waals surface area contributed by atoms with E-state index in [1.165, 1.54) is 4.88 Å². The molecule has 3 heterocycles. The molecule has 0 spiro atoms. The molecule has 4 rings (SSSR count). The van der Waals surface area contributed by atoms with E-state index in [2.05, 4.69) is 10.1 Å². The van der Waals surface area contributed by atoms with Gasteiger partial charge in [-0.1, -0.05) is 23.4 Å². The Labute approximate surface area is 161 Å². The maximum Gasteiger partial charge on any atom is 0.231 e. The number of rotatable bonds is 7. The molecular weight excluding hydrogens is 362 g/mol. The molecule has 27 heavy (non-hydrogen) atoms. The molecule has 1 fully saturated rings. The second-order valence-corrected chi connectivity index (χ2v) is 7.59. The molecule has 1 unspecified atom stereocenters. The Morgan fingerprint density at radius 1 is 1.33 bits per heavy atom. The average molecular weight is 383 g/mol. The summed E-state index contributed by atoms with van der Waals surface area (Å²) in [5.41, 5.74) is 1.06. The van der Waals surface area contributed by atoms with Crippen LogP contribution in [0.4, 0.5) is 0 Å². The molecule has 1 saturated heterocycles. The van der Waals surface area contributed by atoms with Crippen molar-refractivity contribution >= 4 is 17.2 Å². The molecule has 1 amide bonds. The Morgan fingerprint density at radius 2 is 2.26 bits per heavy atom. The van der Waals surface area contributed by atoms with Crippen molar-refractivity contribution < 1.29 is 14.1 Å². The Bertz CT molecular complexity index is 907. The molecule has 7 heteroatoms. The zero-order chi connectivity index (χ0) is 18.6. The zero-order valence-corrected chi connectivity index (χ0v) is 15.9. The van der Waals surface area contributed by atoms with Crippen LogP contribution in [-0.4, -0.2) is 34.1 Å². The maximum atomic E-state index is 12.4. The molecule has 0 aliphatic carbocycles. The van der Waals surface area contributed by atoms with Gasteiger partial charge in [-0.15, -0.1) is 11.3 Å². The van der Waals surface area contributed by atoms with Crippen molar-refractivity contribution in [2.24, 2.45) is 0 Å². The van der Waals surface area contributed by atoms with Crippen molar-refractivity contribution in [1.82, 2.24) is 15.0 Å². The largest absolute Gasteiger partial charge is 0.494 e. The van der Waals surface area contributed by atoms with Crippen LogP contribution in [0.3, 0.4) is 0 Å². The first-order chi connectivity index (χ1) is 13.2. The molecule has 1 aliphatic rings. The van der Waals surface area contributed by atoms with Crippen LogP contribution in [0.5, 0.6) is 5.75 Å². The van der Waals surface area contributed by atoms with E-state index in [1.807, 2.05) is 53.6 Å². The molecule has 0 radical (unpaired) electrons. The number of carbonyl (C=O) groups is 1. The van der Waals surface area contributed by atoms with E-state index < -0.39 is 0 Å². The van der Waals surface area contributed by atoms with Crippen molar-refractivity contribution in [3.63, 3.8) is 0 Å². The maximum absolute atomic E-state index is 12.4. The first kappa shape index (κ1) is 17.7. The van der Waals surface area contributed by atoms with Gasteiger partial charge in [-0.3, -0.25) is 4.79 Å². The molecule has 1 aliphatic heterocycles. The summed E-state index contributed by atoms with van der Waals surface area (Å²) in [5.74, 6) is 2.15. The van der Waals surface area contributed by atoms with Gasteiger partial charge in [0.2, 0.25) is 11.8 Å². The van der Waals surface area contributed by atoms with Crippen molar-refractivity contribution in [2.45, 2.75) is 32.2 Å². The van der Waals surface area contributed by atoms with Crippen LogP contribution in [0.25, 0.3) is 0 Å². The molecule has 0 saturated carbocycles. The van der Waals surface area contributed by atoms with Gasteiger partial charge in [-0.25, -0.2) is 0 Å². The van der Waals surface area contributed by atoms with Crippen molar-refractivity contribution in [1.29, 1.82) is 0 Å². The lowest BCUT2D eigenvalue weighted by Crippen LogP contribution is -2.24. The third kappa shape index (κ3) is 4.19. The van der Waals surface area contributed by atoms with Gasteiger partial charge in [-0.2, -0.15) is 4.98 Å². The Morgan fingerprint density at radius 3 is 3.07 bits per heavy atom. The normalized spacial score (nSPS) is 16.9. The van der Waals surface area contributed by atoms with Gasteiger partial charge >= 0.3 is 0 Å². The number of carbonyl (C=O) groups excluding carboxylic acids is 1. The van der Waals surface area contributed by atoms with Crippen LogP contribution < -0.4 is 4.74 Å². The first-order valence-corrected chi connectivity index (χ1v) is 9.93. The number of thiophene rings is 1. The predicted octanol–water partition coefficient (Wildman–Crippen LogP) is 3.64. The van der Waals surface area contributed by atoms with E-state index in [9.17, 15) is 4.79 Å². The van der Waals surface area contributed by atoms with Gasteiger partial charge in [0.15, 0.2) is 5.82 Å². The fraction of sp³-hybridized carbons (Fsp3) is 0.350. The lowest BCUT2D eigenvalue weighted by molar-refractivity contribution is -0.128. The fourth-order valence-electron chi connectivity index (χ4n) is 3.29. The number of amides is 1. The molecule has 0 N–H and O–H groups in total. The topological polar surface area (TPSA) is 68.5 Å². The lowest BCUT2D eigenvalue weighted by atomic mass is 10.1. The Balaban J connectivity index is 1.40. The van der Waals surface area contributed by atoms with E-state index in [0.717, 1.165) is 11.3 Å². The summed E-state index contributed by atoms with van der Waals surface area (Å²) >= 11 is 1.67. The summed E-state index contributed by atoms with van der Waals surface area (Å²) in [6.07, 6.45) is 1.06. The summed E-state index contributed by atoms with van der Waals surface area (Å²) in [4.78, 5) is 20.0. The number of hydrogen-bond acceptors (Lipinski definition) is 6. The van der Waals surface area contributed by atoms with E-state index in [4.69, 9.17) is 9.26 Å². The average Bonchev–Trinajstić information content (AvgIpc) is 3.39. The van der Waals surface area contributed by atoms with Crippen LogP contribution >= 0.6 is 11.3 Å². The second kappa shape index (κ2) is 7.92. The van der Waals surface area contributed by atoms with Crippen LogP contribution in [0, 0.1) is 0 Å². The van der Waals surface area contributed by atoms with Crippen LogP contribution in [0.2, 0.25) is 0 Å². The van der Waals surface area contributed by atoms with Gasteiger partial charge in [0.1, 0.15) is 5.75 Å². The summed E-state index contributed by atoms with van der Waals surface area (Å²) < 4.78 is 10.9. The number of nitrogens with zero attached hydrogens (tertiary/aromatic N) is 3. The van der Waals surface area contributed by atoms with Crippen LogP contribution in [0.15, 0.2) is 46.3 Å². The standard InChI is InChI=1S/C20H21N3O3S/c1-2-25-16-6-3-5-14(9-16)12-23-13-15(10-19(23)24)20-21-18(26-22-20)11-17-7-4-8-27-17/h3-9,15H,2,10-13H2,1H3. The van der Waals surface area contributed by atoms with Crippen molar-refractivity contribution in [3.8, 4) is 5.75 Å². The van der Waals surface area contributed by atoms with E-state index in [1.54, 1.807) is 11.3 Å². The van der Waals surface area contributed by atoms with Crippen molar-refractivity contribution in [3.05, 3.63) is 63.9 Å². The molecule has 140 valence electrons.